The predicted octanol–water partition coefficient (Wildman–Crippen LogP) is 1.43. The number of carbonyl (C=O) groups excluding carboxylic acids is 2. The van der Waals surface area contributed by atoms with Gasteiger partial charge >= 0.3 is 6.03 Å². The average molecular weight is 263 g/mol. The molecule has 0 fully saturated rings. The molecule has 3 amide bonds. The van der Waals surface area contributed by atoms with Crippen molar-refractivity contribution in [3.05, 3.63) is 35.4 Å². The smallest absolute Gasteiger partial charge is 0.315 e. The van der Waals surface area contributed by atoms with Crippen molar-refractivity contribution in [1.82, 2.24) is 16.0 Å². The fourth-order valence-electron chi connectivity index (χ4n) is 1.55. The SMILES string of the molecule is Cc1cccc(C(=O)NCCNC(=O)NC(C)C)c1. The van der Waals surface area contributed by atoms with Crippen molar-refractivity contribution in [2.75, 3.05) is 13.1 Å². The van der Waals surface area contributed by atoms with Crippen LogP contribution >= 0.6 is 0 Å². The van der Waals surface area contributed by atoms with E-state index in [4.69, 9.17) is 0 Å². The van der Waals surface area contributed by atoms with Gasteiger partial charge in [-0.25, -0.2) is 4.79 Å². The first-order valence-electron chi connectivity index (χ1n) is 6.38. The minimum Gasteiger partial charge on any atom is -0.350 e. The number of urea groups is 1. The number of benzene rings is 1. The monoisotopic (exact) mass is 263 g/mol. The molecule has 0 aliphatic heterocycles. The Morgan fingerprint density at radius 1 is 1.16 bits per heavy atom. The summed E-state index contributed by atoms with van der Waals surface area (Å²) in [7, 11) is 0. The molecule has 0 aromatic heterocycles. The van der Waals surface area contributed by atoms with Gasteiger partial charge in [0.1, 0.15) is 0 Å². The first kappa shape index (κ1) is 15.0. The van der Waals surface area contributed by atoms with Crippen molar-refractivity contribution < 1.29 is 9.59 Å². The zero-order valence-electron chi connectivity index (χ0n) is 11.6. The quantitative estimate of drug-likeness (QED) is 0.703. The first-order chi connectivity index (χ1) is 8.99. The Hall–Kier alpha value is -2.04. The fraction of sp³-hybridized carbons (Fsp3) is 0.429. The van der Waals surface area contributed by atoms with Crippen LogP contribution in [-0.4, -0.2) is 31.1 Å². The third kappa shape index (κ3) is 5.90. The molecule has 0 radical (unpaired) electrons. The molecule has 0 atom stereocenters. The molecule has 5 heteroatoms. The molecule has 3 N–H and O–H groups in total. The largest absolute Gasteiger partial charge is 0.350 e. The molecule has 0 unspecified atom stereocenters. The van der Waals surface area contributed by atoms with E-state index in [9.17, 15) is 9.59 Å². The van der Waals surface area contributed by atoms with Crippen molar-refractivity contribution in [3.63, 3.8) is 0 Å². The lowest BCUT2D eigenvalue weighted by atomic mass is 10.1. The molecular weight excluding hydrogens is 242 g/mol. The van der Waals surface area contributed by atoms with E-state index in [0.29, 0.717) is 18.7 Å². The van der Waals surface area contributed by atoms with Gasteiger partial charge in [-0.3, -0.25) is 4.79 Å². The standard InChI is InChI=1S/C14H21N3O2/c1-10(2)17-14(19)16-8-7-15-13(18)12-6-4-5-11(3)9-12/h4-6,9-10H,7-8H2,1-3H3,(H,15,18)(H2,16,17,19). The summed E-state index contributed by atoms with van der Waals surface area (Å²) in [6.45, 7) is 6.52. The Morgan fingerprint density at radius 2 is 1.84 bits per heavy atom. The summed E-state index contributed by atoms with van der Waals surface area (Å²) in [5, 5.41) is 8.13. The van der Waals surface area contributed by atoms with Gasteiger partial charge in [-0.05, 0) is 32.9 Å². The van der Waals surface area contributed by atoms with E-state index < -0.39 is 0 Å². The van der Waals surface area contributed by atoms with Gasteiger partial charge in [0.05, 0.1) is 0 Å². The predicted molar refractivity (Wildman–Crippen MR) is 75.2 cm³/mol. The van der Waals surface area contributed by atoms with Crippen LogP contribution in [0.4, 0.5) is 4.79 Å². The minimum absolute atomic E-state index is 0.0990. The summed E-state index contributed by atoms with van der Waals surface area (Å²) in [4.78, 5) is 23.1. The van der Waals surface area contributed by atoms with Crippen LogP contribution in [0, 0.1) is 6.92 Å². The highest BCUT2D eigenvalue weighted by molar-refractivity contribution is 5.94. The number of nitrogens with one attached hydrogen (secondary N) is 3. The number of hydrogen-bond donors (Lipinski definition) is 3. The Kier molecular flexibility index (Phi) is 5.85. The maximum Gasteiger partial charge on any atom is 0.315 e. The van der Waals surface area contributed by atoms with Crippen molar-refractivity contribution in [3.8, 4) is 0 Å². The van der Waals surface area contributed by atoms with E-state index in [0.717, 1.165) is 5.56 Å². The van der Waals surface area contributed by atoms with Crippen LogP contribution in [-0.2, 0) is 0 Å². The molecule has 0 heterocycles. The molecule has 1 aromatic carbocycles. The topological polar surface area (TPSA) is 70.2 Å². The third-order valence-corrected chi connectivity index (χ3v) is 2.40. The van der Waals surface area contributed by atoms with E-state index >= 15 is 0 Å². The lowest BCUT2D eigenvalue weighted by molar-refractivity contribution is 0.0953. The molecule has 0 aliphatic carbocycles. The Labute approximate surface area is 113 Å². The molecule has 1 aromatic rings. The number of aryl methyl sites for hydroxylation is 1. The van der Waals surface area contributed by atoms with Crippen molar-refractivity contribution in [2.45, 2.75) is 26.8 Å². The maximum absolute atomic E-state index is 11.8. The van der Waals surface area contributed by atoms with Crippen LogP contribution in [0.15, 0.2) is 24.3 Å². The zero-order chi connectivity index (χ0) is 14.3. The second-order valence-electron chi connectivity index (χ2n) is 4.68. The molecule has 104 valence electrons. The molecule has 0 bridgehead atoms. The van der Waals surface area contributed by atoms with E-state index in [1.165, 1.54) is 0 Å². The molecule has 0 saturated heterocycles. The Bertz CT molecular complexity index is 444. The van der Waals surface area contributed by atoms with Gasteiger partial charge < -0.3 is 16.0 Å². The summed E-state index contributed by atoms with van der Waals surface area (Å²) < 4.78 is 0. The number of hydrogen-bond acceptors (Lipinski definition) is 2. The Balaban J connectivity index is 2.26. The summed E-state index contributed by atoms with van der Waals surface area (Å²) in [6, 6.07) is 7.25. The van der Waals surface area contributed by atoms with E-state index in [-0.39, 0.29) is 18.0 Å². The Morgan fingerprint density at radius 3 is 2.47 bits per heavy atom. The summed E-state index contributed by atoms with van der Waals surface area (Å²) >= 11 is 0. The van der Waals surface area contributed by atoms with Crippen molar-refractivity contribution in [2.24, 2.45) is 0 Å². The van der Waals surface area contributed by atoms with E-state index in [1.807, 2.05) is 39.0 Å². The average Bonchev–Trinajstić information content (AvgIpc) is 2.33. The number of amides is 3. The molecule has 19 heavy (non-hydrogen) atoms. The van der Waals surface area contributed by atoms with Crippen LogP contribution in [0.2, 0.25) is 0 Å². The van der Waals surface area contributed by atoms with Crippen LogP contribution in [0.1, 0.15) is 29.8 Å². The lowest BCUT2D eigenvalue weighted by Gasteiger charge is -2.10. The normalized spacial score (nSPS) is 10.1. The maximum atomic E-state index is 11.8. The second kappa shape index (κ2) is 7.41. The van der Waals surface area contributed by atoms with E-state index in [1.54, 1.807) is 6.07 Å². The molecule has 5 nitrogen and oxygen atoms in total. The van der Waals surface area contributed by atoms with Gasteiger partial charge in [0.25, 0.3) is 5.91 Å². The van der Waals surface area contributed by atoms with Crippen LogP contribution in [0.3, 0.4) is 0 Å². The highest BCUT2D eigenvalue weighted by Gasteiger charge is 2.05. The molecule has 0 spiro atoms. The second-order valence-corrected chi connectivity index (χ2v) is 4.68. The van der Waals surface area contributed by atoms with Gasteiger partial charge in [-0.1, -0.05) is 17.7 Å². The summed E-state index contributed by atoms with van der Waals surface area (Å²) in [6.07, 6.45) is 0. The first-order valence-corrected chi connectivity index (χ1v) is 6.38. The van der Waals surface area contributed by atoms with Gasteiger partial charge in [-0.15, -0.1) is 0 Å². The number of carbonyl (C=O) groups is 2. The van der Waals surface area contributed by atoms with Gasteiger partial charge in [-0.2, -0.15) is 0 Å². The van der Waals surface area contributed by atoms with Crippen LogP contribution in [0.25, 0.3) is 0 Å². The molecule has 1 rings (SSSR count). The van der Waals surface area contributed by atoms with Gasteiger partial charge in [0.2, 0.25) is 0 Å². The van der Waals surface area contributed by atoms with Gasteiger partial charge in [0, 0.05) is 24.7 Å². The number of rotatable bonds is 5. The van der Waals surface area contributed by atoms with Crippen molar-refractivity contribution in [1.29, 1.82) is 0 Å². The summed E-state index contributed by atoms with van der Waals surface area (Å²) in [5.41, 5.74) is 1.67. The zero-order valence-corrected chi connectivity index (χ0v) is 11.6. The van der Waals surface area contributed by atoms with E-state index in [2.05, 4.69) is 16.0 Å². The third-order valence-electron chi connectivity index (χ3n) is 2.40. The highest BCUT2D eigenvalue weighted by atomic mass is 16.2. The van der Waals surface area contributed by atoms with Crippen LogP contribution in [0.5, 0.6) is 0 Å². The lowest BCUT2D eigenvalue weighted by Crippen LogP contribution is -2.42. The van der Waals surface area contributed by atoms with Crippen LogP contribution < -0.4 is 16.0 Å². The molecular formula is C14H21N3O2. The molecule has 0 aliphatic rings. The minimum atomic E-state index is -0.222. The molecule has 0 saturated carbocycles. The summed E-state index contributed by atoms with van der Waals surface area (Å²) in [5.74, 6) is -0.130. The fourth-order valence-corrected chi connectivity index (χ4v) is 1.55. The highest BCUT2D eigenvalue weighted by Crippen LogP contribution is 2.03. The van der Waals surface area contributed by atoms with Gasteiger partial charge in [0.15, 0.2) is 0 Å². The van der Waals surface area contributed by atoms with Crippen molar-refractivity contribution >= 4 is 11.9 Å².